The van der Waals surface area contributed by atoms with Crippen LogP contribution in [0.1, 0.15) is 18.4 Å². The highest BCUT2D eigenvalue weighted by Gasteiger charge is 2.20. The van der Waals surface area contributed by atoms with Gasteiger partial charge >= 0.3 is 0 Å². The van der Waals surface area contributed by atoms with Gasteiger partial charge in [0, 0.05) is 20.2 Å². The Morgan fingerprint density at radius 1 is 1.41 bits per heavy atom. The number of hydrogen-bond acceptors (Lipinski definition) is 4. The average molecular weight is 231 g/mol. The van der Waals surface area contributed by atoms with E-state index in [9.17, 15) is 0 Å². The second-order valence-corrected chi connectivity index (χ2v) is 4.31. The number of nitriles is 1. The van der Waals surface area contributed by atoms with Gasteiger partial charge in [0.15, 0.2) is 0 Å². The highest BCUT2D eigenvalue weighted by molar-refractivity contribution is 5.69. The highest BCUT2D eigenvalue weighted by atomic mass is 16.5. The van der Waals surface area contributed by atoms with Crippen molar-refractivity contribution in [3.8, 4) is 6.07 Å². The van der Waals surface area contributed by atoms with Crippen molar-refractivity contribution in [2.24, 2.45) is 0 Å². The van der Waals surface area contributed by atoms with Gasteiger partial charge in [0.05, 0.1) is 29.1 Å². The van der Waals surface area contributed by atoms with E-state index in [1.807, 2.05) is 12.1 Å². The molecule has 0 atom stereocenters. The van der Waals surface area contributed by atoms with Gasteiger partial charge in [0.2, 0.25) is 0 Å². The first-order valence-corrected chi connectivity index (χ1v) is 5.82. The molecule has 90 valence electrons. The first-order chi connectivity index (χ1) is 8.24. The van der Waals surface area contributed by atoms with Crippen LogP contribution in [0.25, 0.3) is 0 Å². The summed E-state index contributed by atoms with van der Waals surface area (Å²) in [6, 6.07) is 7.57. The molecule has 17 heavy (non-hydrogen) atoms. The molecule has 1 aromatic rings. The molecule has 0 aliphatic carbocycles. The molecule has 0 spiro atoms. The van der Waals surface area contributed by atoms with Gasteiger partial charge in [-0.15, -0.1) is 0 Å². The Morgan fingerprint density at radius 3 is 2.65 bits per heavy atom. The third-order valence-corrected chi connectivity index (χ3v) is 3.27. The van der Waals surface area contributed by atoms with Crippen molar-refractivity contribution < 1.29 is 4.74 Å². The van der Waals surface area contributed by atoms with Crippen molar-refractivity contribution in [3.63, 3.8) is 0 Å². The quantitative estimate of drug-likeness (QED) is 0.788. The van der Waals surface area contributed by atoms with Crippen LogP contribution in [-0.4, -0.2) is 26.3 Å². The number of benzene rings is 1. The summed E-state index contributed by atoms with van der Waals surface area (Å²) in [5, 5.41) is 8.79. The lowest BCUT2D eigenvalue weighted by molar-refractivity contribution is 0.0819. The molecule has 1 aliphatic heterocycles. The van der Waals surface area contributed by atoms with Crippen LogP contribution in [0.2, 0.25) is 0 Å². The maximum atomic E-state index is 8.79. The SMILES string of the molecule is COC1CCN(c2ccc(C#N)cc2N)CC1. The van der Waals surface area contributed by atoms with Crippen molar-refractivity contribution in [1.29, 1.82) is 5.26 Å². The fourth-order valence-electron chi connectivity index (χ4n) is 2.24. The zero-order chi connectivity index (χ0) is 12.3. The Kier molecular flexibility index (Phi) is 3.50. The predicted octanol–water partition coefficient (Wildman–Crippen LogP) is 1.76. The minimum Gasteiger partial charge on any atom is -0.397 e. The van der Waals surface area contributed by atoms with Crippen LogP contribution in [-0.2, 0) is 4.74 Å². The van der Waals surface area contributed by atoms with E-state index in [4.69, 9.17) is 15.7 Å². The zero-order valence-corrected chi connectivity index (χ0v) is 10.0. The lowest BCUT2D eigenvalue weighted by Gasteiger charge is -2.33. The minimum atomic E-state index is 0.367. The molecule has 2 N–H and O–H groups in total. The number of methoxy groups -OCH3 is 1. The Bertz CT molecular complexity index is 431. The van der Waals surface area contributed by atoms with E-state index in [-0.39, 0.29) is 0 Å². The van der Waals surface area contributed by atoms with Gasteiger partial charge < -0.3 is 15.4 Å². The molecule has 1 aromatic carbocycles. The molecule has 1 heterocycles. The molecule has 1 aliphatic rings. The third kappa shape index (κ3) is 2.51. The normalized spacial score (nSPS) is 16.8. The molecular weight excluding hydrogens is 214 g/mol. The zero-order valence-electron chi connectivity index (χ0n) is 10.0. The molecular formula is C13H17N3O. The number of ether oxygens (including phenoxy) is 1. The molecule has 0 unspecified atom stereocenters. The van der Waals surface area contributed by atoms with Gasteiger partial charge in [-0.1, -0.05) is 0 Å². The minimum absolute atomic E-state index is 0.367. The van der Waals surface area contributed by atoms with Crippen LogP contribution < -0.4 is 10.6 Å². The molecule has 1 saturated heterocycles. The number of rotatable bonds is 2. The molecule has 0 saturated carbocycles. The topological polar surface area (TPSA) is 62.3 Å². The van der Waals surface area contributed by atoms with Crippen LogP contribution >= 0.6 is 0 Å². The summed E-state index contributed by atoms with van der Waals surface area (Å²) in [4.78, 5) is 2.26. The van der Waals surface area contributed by atoms with Gasteiger partial charge in [0.25, 0.3) is 0 Å². The largest absolute Gasteiger partial charge is 0.397 e. The third-order valence-electron chi connectivity index (χ3n) is 3.27. The van der Waals surface area contributed by atoms with Crippen molar-refractivity contribution in [2.45, 2.75) is 18.9 Å². The van der Waals surface area contributed by atoms with Gasteiger partial charge in [-0.25, -0.2) is 0 Å². The second kappa shape index (κ2) is 5.07. The number of hydrogen-bond donors (Lipinski definition) is 1. The summed E-state index contributed by atoms with van der Waals surface area (Å²) in [5.74, 6) is 0. The van der Waals surface area contributed by atoms with Gasteiger partial charge in [-0.3, -0.25) is 0 Å². The Balaban J connectivity index is 2.11. The van der Waals surface area contributed by atoms with Crippen LogP contribution in [0, 0.1) is 11.3 Å². The molecule has 4 heteroatoms. The molecule has 0 amide bonds. The maximum absolute atomic E-state index is 8.79. The fraction of sp³-hybridized carbons (Fsp3) is 0.462. The molecule has 0 radical (unpaired) electrons. The van der Waals surface area contributed by atoms with Gasteiger partial charge in [-0.2, -0.15) is 5.26 Å². The van der Waals surface area contributed by atoms with E-state index in [0.29, 0.717) is 17.4 Å². The summed E-state index contributed by atoms with van der Waals surface area (Å²) in [6.45, 7) is 1.91. The van der Waals surface area contributed by atoms with E-state index in [0.717, 1.165) is 31.6 Å². The van der Waals surface area contributed by atoms with E-state index in [2.05, 4.69) is 11.0 Å². The van der Waals surface area contributed by atoms with E-state index < -0.39 is 0 Å². The molecule has 1 fully saturated rings. The maximum Gasteiger partial charge on any atom is 0.0992 e. The van der Waals surface area contributed by atoms with Crippen molar-refractivity contribution in [1.82, 2.24) is 0 Å². The van der Waals surface area contributed by atoms with Crippen molar-refractivity contribution in [2.75, 3.05) is 30.8 Å². The first-order valence-electron chi connectivity index (χ1n) is 5.82. The van der Waals surface area contributed by atoms with Gasteiger partial charge in [0.1, 0.15) is 0 Å². The standard InChI is InChI=1S/C13H17N3O/c1-17-11-4-6-16(7-5-11)13-3-2-10(9-14)8-12(13)15/h2-3,8,11H,4-7,15H2,1H3. The van der Waals surface area contributed by atoms with Gasteiger partial charge in [-0.05, 0) is 31.0 Å². The number of nitrogens with two attached hydrogens (primary N) is 1. The summed E-state index contributed by atoms with van der Waals surface area (Å²) >= 11 is 0. The Hall–Kier alpha value is -1.73. The lowest BCUT2D eigenvalue weighted by Crippen LogP contribution is -2.37. The number of piperidine rings is 1. The lowest BCUT2D eigenvalue weighted by atomic mass is 10.1. The molecule has 4 nitrogen and oxygen atoms in total. The van der Waals surface area contributed by atoms with Crippen molar-refractivity contribution >= 4 is 11.4 Å². The van der Waals surface area contributed by atoms with E-state index in [1.165, 1.54) is 0 Å². The first kappa shape index (κ1) is 11.7. The van der Waals surface area contributed by atoms with E-state index in [1.54, 1.807) is 13.2 Å². The van der Waals surface area contributed by atoms with Crippen LogP contribution in [0.15, 0.2) is 18.2 Å². The number of anilines is 2. The number of nitrogens with zero attached hydrogens (tertiary/aromatic N) is 2. The average Bonchev–Trinajstić information content (AvgIpc) is 2.39. The van der Waals surface area contributed by atoms with E-state index >= 15 is 0 Å². The summed E-state index contributed by atoms with van der Waals surface area (Å²) in [7, 11) is 1.76. The molecule has 0 bridgehead atoms. The second-order valence-electron chi connectivity index (χ2n) is 4.31. The van der Waals surface area contributed by atoms with Crippen LogP contribution in [0.5, 0.6) is 0 Å². The van der Waals surface area contributed by atoms with Crippen LogP contribution in [0.4, 0.5) is 11.4 Å². The predicted molar refractivity (Wildman–Crippen MR) is 67.8 cm³/mol. The molecule has 0 aromatic heterocycles. The smallest absolute Gasteiger partial charge is 0.0992 e. The monoisotopic (exact) mass is 231 g/mol. The Morgan fingerprint density at radius 2 is 2.12 bits per heavy atom. The highest BCUT2D eigenvalue weighted by Crippen LogP contribution is 2.27. The number of nitrogen functional groups attached to an aromatic ring is 1. The summed E-state index contributed by atoms with van der Waals surface area (Å²) < 4.78 is 5.34. The molecule has 2 rings (SSSR count). The van der Waals surface area contributed by atoms with Crippen molar-refractivity contribution in [3.05, 3.63) is 23.8 Å². The fourth-order valence-corrected chi connectivity index (χ4v) is 2.24. The summed E-state index contributed by atoms with van der Waals surface area (Å²) in [5.41, 5.74) is 8.29. The Labute approximate surface area is 102 Å². The van der Waals surface area contributed by atoms with Crippen LogP contribution in [0.3, 0.4) is 0 Å². The summed E-state index contributed by atoms with van der Waals surface area (Å²) in [6.07, 6.45) is 2.41.